The summed E-state index contributed by atoms with van der Waals surface area (Å²) in [6.45, 7) is 2.97. The van der Waals surface area contributed by atoms with Crippen LogP contribution in [-0.2, 0) is 0 Å². The average molecular weight is 288 g/mol. The van der Waals surface area contributed by atoms with Crippen LogP contribution in [-0.4, -0.2) is 45.4 Å². The lowest BCUT2D eigenvalue weighted by molar-refractivity contribution is 0.0524. The molecule has 0 bridgehead atoms. The van der Waals surface area contributed by atoms with Crippen molar-refractivity contribution in [3.8, 4) is 5.88 Å². The van der Waals surface area contributed by atoms with Crippen molar-refractivity contribution >= 4 is 5.91 Å². The maximum absolute atomic E-state index is 12.4. The van der Waals surface area contributed by atoms with Crippen molar-refractivity contribution < 1.29 is 14.1 Å². The molecule has 0 aliphatic carbocycles. The molecule has 1 atom stereocenters. The van der Waals surface area contributed by atoms with Gasteiger partial charge >= 0.3 is 0 Å². The van der Waals surface area contributed by atoms with E-state index >= 15 is 0 Å². The summed E-state index contributed by atoms with van der Waals surface area (Å²) < 4.78 is 10.7. The highest BCUT2D eigenvalue weighted by Gasteiger charge is 2.27. The number of likely N-dealkylation sites (tertiary alicyclic amines) is 1. The Kier molecular flexibility index (Phi) is 3.81. The van der Waals surface area contributed by atoms with E-state index < -0.39 is 0 Å². The Labute approximate surface area is 121 Å². The minimum atomic E-state index is -0.0698. The molecular formula is C14H16N4O3. The molecule has 0 radical (unpaired) electrons. The SMILES string of the molecule is Cc1oncc1C(=O)N1CCCC(Oc2cccnn2)C1. The summed E-state index contributed by atoms with van der Waals surface area (Å²) in [5, 5.41) is 11.3. The summed E-state index contributed by atoms with van der Waals surface area (Å²) in [6.07, 6.45) is 4.77. The van der Waals surface area contributed by atoms with Crippen LogP contribution in [0.5, 0.6) is 5.88 Å². The lowest BCUT2D eigenvalue weighted by atomic mass is 10.1. The van der Waals surface area contributed by atoms with Gasteiger partial charge in [0.25, 0.3) is 5.91 Å². The Morgan fingerprint density at radius 3 is 3.14 bits per heavy atom. The molecule has 2 aromatic heterocycles. The highest BCUT2D eigenvalue weighted by Crippen LogP contribution is 2.19. The zero-order valence-corrected chi connectivity index (χ0v) is 11.7. The van der Waals surface area contributed by atoms with Crippen LogP contribution < -0.4 is 4.74 Å². The fraction of sp³-hybridized carbons (Fsp3) is 0.429. The van der Waals surface area contributed by atoms with Gasteiger partial charge in [0.15, 0.2) is 0 Å². The predicted molar refractivity (Wildman–Crippen MR) is 72.8 cm³/mol. The van der Waals surface area contributed by atoms with Gasteiger partial charge in [0, 0.05) is 18.8 Å². The molecule has 0 spiro atoms. The van der Waals surface area contributed by atoms with Crippen molar-refractivity contribution in [3.63, 3.8) is 0 Å². The van der Waals surface area contributed by atoms with Crippen LogP contribution in [0, 0.1) is 6.92 Å². The first-order chi connectivity index (χ1) is 10.2. The highest BCUT2D eigenvalue weighted by atomic mass is 16.5. The van der Waals surface area contributed by atoms with E-state index in [1.165, 1.54) is 6.20 Å². The van der Waals surface area contributed by atoms with Gasteiger partial charge in [-0.15, -0.1) is 5.10 Å². The van der Waals surface area contributed by atoms with E-state index in [-0.39, 0.29) is 12.0 Å². The van der Waals surface area contributed by atoms with Crippen LogP contribution >= 0.6 is 0 Å². The fourth-order valence-electron chi connectivity index (χ4n) is 2.41. The molecule has 3 heterocycles. The first-order valence-electron chi connectivity index (χ1n) is 6.89. The van der Waals surface area contributed by atoms with Crippen LogP contribution in [0.4, 0.5) is 0 Å². The quantitative estimate of drug-likeness (QED) is 0.850. The fourth-order valence-corrected chi connectivity index (χ4v) is 2.41. The topological polar surface area (TPSA) is 81.4 Å². The Morgan fingerprint density at radius 2 is 2.43 bits per heavy atom. The Morgan fingerprint density at radius 1 is 1.52 bits per heavy atom. The van der Waals surface area contributed by atoms with Crippen molar-refractivity contribution in [1.82, 2.24) is 20.3 Å². The van der Waals surface area contributed by atoms with E-state index in [1.807, 2.05) is 0 Å². The average Bonchev–Trinajstić information content (AvgIpc) is 2.94. The number of aromatic nitrogens is 3. The Hall–Kier alpha value is -2.44. The minimum Gasteiger partial charge on any atom is -0.471 e. The molecule has 0 N–H and O–H groups in total. The van der Waals surface area contributed by atoms with Gasteiger partial charge in [0.1, 0.15) is 17.4 Å². The summed E-state index contributed by atoms with van der Waals surface area (Å²) in [5.41, 5.74) is 0.509. The molecule has 1 saturated heterocycles. The van der Waals surface area contributed by atoms with Gasteiger partial charge in [-0.2, -0.15) is 5.10 Å². The van der Waals surface area contributed by atoms with Crippen molar-refractivity contribution in [3.05, 3.63) is 35.9 Å². The van der Waals surface area contributed by atoms with Crippen LogP contribution in [0.2, 0.25) is 0 Å². The predicted octanol–water partition coefficient (Wildman–Crippen LogP) is 1.46. The number of hydrogen-bond donors (Lipinski definition) is 0. The van der Waals surface area contributed by atoms with Gasteiger partial charge in [-0.25, -0.2) is 0 Å². The van der Waals surface area contributed by atoms with Crippen molar-refractivity contribution in [2.75, 3.05) is 13.1 Å². The Bertz CT molecular complexity index is 614. The molecule has 1 fully saturated rings. The first-order valence-corrected chi connectivity index (χ1v) is 6.89. The molecule has 21 heavy (non-hydrogen) atoms. The number of nitrogens with zero attached hydrogens (tertiary/aromatic N) is 4. The molecule has 0 aromatic carbocycles. The number of rotatable bonds is 3. The highest BCUT2D eigenvalue weighted by molar-refractivity contribution is 5.94. The smallest absolute Gasteiger partial charge is 0.259 e. The second kappa shape index (κ2) is 5.90. The van der Waals surface area contributed by atoms with Gasteiger partial charge in [0.05, 0.1) is 12.7 Å². The third-order valence-electron chi connectivity index (χ3n) is 3.48. The van der Waals surface area contributed by atoms with Gasteiger partial charge in [-0.3, -0.25) is 4.79 Å². The summed E-state index contributed by atoms with van der Waals surface area (Å²) in [7, 11) is 0. The number of carbonyl (C=O) groups is 1. The molecule has 1 aliphatic rings. The third kappa shape index (κ3) is 3.01. The summed E-state index contributed by atoms with van der Waals surface area (Å²) in [5.74, 6) is 0.955. The molecule has 3 rings (SSSR count). The van der Waals surface area contributed by atoms with E-state index in [9.17, 15) is 4.79 Å². The lowest BCUT2D eigenvalue weighted by Gasteiger charge is -2.32. The lowest BCUT2D eigenvalue weighted by Crippen LogP contribution is -2.44. The summed E-state index contributed by atoms with van der Waals surface area (Å²) in [4.78, 5) is 14.2. The van der Waals surface area contributed by atoms with Crippen LogP contribution in [0.1, 0.15) is 29.0 Å². The molecule has 1 aliphatic heterocycles. The van der Waals surface area contributed by atoms with E-state index in [4.69, 9.17) is 9.26 Å². The number of ether oxygens (including phenoxy) is 1. The zero-order valence-electron chi connectivity index (χ0n) is 11.7. The van der Waals surface area contributed by atoms with Crippen LogP contribution in [0.25, 0.3) is 0 Å². The van der Waals surface area contributed by atoms with Crippen LogP contribution in [0.15, 0.2) is 29.0 Å². The van der Waals surface area contributed by atoms with Crippen molar-refractivity contribution in [2.24, 2.45) is 0 Å². The van der Waals surface area contributed by atoms with Gasteiger partial charge in [0.2, 0.25) is 5.88 Å². The van der Waals surface area contributed by atoms with E-state index in [2.05, 4.69) is 15.4 Å². The van der Waals surface area contributed by atoms with Gasteiger partial charge in [-0.1, -0.05) is 5.16 Å². The van der Waals surface area contributed by atoms with Crippen molar-refractivity contribution in [1.29, 1.82) is 0 Å². The third-order valence-corrected chi connectivity index (χ3v) is 3.48. The minimum absolute atomic E-state index is 0.0683. The van der Waals surface area contributed by atoms with E-state index in [1.54, 1.807) is 30.2 Å². The zero-order chi connectivity index (χ0) is 14.7. The number of carbonyl (C=O) groups excluding carboxylic acids is 1. The normalized spacial score (nSPS) is 18.5. The number of aryl methyl sites for hydroxylation is 1. The number of amides is 1. The Balaban J connectivity index is 1.66. The molecule has 1 amide bonds. The summed E-state index contributed by atoms with van der Waals surface area (Å²) >= 11 is 0. The maximum atomic E-state index is 12.4. The molecule has 110 valence electrons. The largest absolute Gasteiger partial charge is 0.471 e. The van der Waals surface area contributed by atoms with Crippen molar-refractivity contribution in [2.45, 2.75) is 25.9 Å². The van der Waals surface area contributed by atoms with Gasteiger partial charge < -0.3 is 14.2 Å². The summed E-state index contributed by atoms with van der Waals surface area (Å²) in [6, 6.07) is 3.53. The number of piperidine rings is 1. The first kappa shape index (κ1) is 13.5. The molecule has 7 heteroatoms. The monoisotopic (exact) mass is 288 g/mol. The van der Waals surface area contributed by atoms with Gasteiger partial charge in [-0.05, 0) is 25.8 Å². The standard InChI is InChI=1S/C14H16N4O3/c1-10-12(8-16-21-10)14(19)18-7-3-4-11(9-18)20-13-5-2-6-15-17-13/h2,5-6,8,11H,3-4,7,9H2,1H3. The van der Waals surface area contributed by atoms with Crippen LogP contribution in [0.3, 0.4) is 0 Å². The van der Waals surface area contributed by atoms with E-state index in [0.29, 0.717) is 30.3 Å². The molecule has 7 nitrogen and oxygen atoms in total. The molecule has 0 saturated carbocycles. The second-order valence-corrected chi connectivity index (χ2v) is 4.99. The van der Waals surface area contributed by atoms with E-state index in [0.717, 1.165) is 12.8 Å². The molecule has 2 aromatic rings. The number of hydrogen-bond acceptors (Lipinski definition) is 6. The molecule has 1 unspecified atom stereocenters. The maximum Gasteiger partial charge on any atom is 0.259 e. The molecular weight excluding hydrogens is 272 g/mol. The second-order valence-electron chi connectivity index (χ2n) is 4.99.